The first kappa shape index (κ1) is 23.3. The number of hydrogen-bond acceptors (Lipinski definition) is 3. The number of carbonyl (C=O) groups is 1. The van der Waals surface area contributed by atoms with Gasteiger partial charge in [-0.25, -0.2) is 0 Å². The Labute approximate surface area is 179 Å². The maximum Gasteiger partial charge on any atom is 0.269 e. The Morgan fingerprint density at radius 1 is 0.900 bits per heavy atom. The van der Waals surface area contributed by atoms with Crippen LogP contribution in [-0.4, -0.2) is 17.4 Å². The number of rotatable bonds is 13. The van der Waals surface area contributed by atoms with E-state index in [0.717, 1.165) is 24.0 Å². The average molecular weight is 409 g/mol. The van der Waals surface area contributed by atoms with Gasteiger partial charge in [0.1, 0.15) is 0 Å². The van der Waals surface area contributed by atoms with Gasteiger partial charge < -0.3 is 5.32 Å². The van der Waals surface area contributed by atoms with E-state index in [4.69, 9.17) is 0 Å². The molecule has 0 aliphatic rings. The summed E-state index contributed by atoms with van der Waals surface area (Å²) in [6.07, 6.45) is 11.6. The van der Waals surface area contributed by atoms with Crippen molar-refractivity contribution < 1.29 is 9.72 Å². The topological polar surface area (TPSA) is 72.2 Å². The Hall–Kier alpha value is -2.95. The van der Waals surface area contributed by atoms with Crippen molar-refractivity contribution in [2.75, 3.05) is 6.54 Å². The Morgan fingerprint density at radius 3 is 2.10 bits per heavy atom. The van der Waals surface area contributed by atoms with E-state index in [1.54, 1.807) is 18.2 Å². The second-order valence-electron chi connectivity index (χ2n) is 7.50. The van der Waals surface area contributed by atoms with Crippen LogP contribution in [0.4, 0.5) is 5.69 Å². The molecule has 0 heterocycles. The summed E-state index contributed by atoms with van der Waals surface area (Å²) < 4.78 is 0. The van der Waals surface area contributed by atoms with Gasteiger partial charge in [0, 0.05) is 24.3 Å². The van der Waals surface area contributed by atoms with E-state index in [9.17, 15) is 14.9 Å². The van der Waals surface area contributed by atoms with Crippen LogP contribution in [0.5, 0.6) is 0 Å². The molecule has 5 heteroatoms. The van der Waals surface area contributed by atoms with Gasteiger partial charge in [-0.15, -0.1) is 0 Å². The SMILES string of the molecule is CCCCCCCCCCNC(=O)C(=Cc1ccc([N+](=O)[O-])cc1)c1ccccc1. The number of amides is 1. The fourth-order valence-electron chi connectivity index (χ4n) is 3.31. The van der Waals surface area contributed by atoms with E-state index in [-0.39, 0.29) is 11.6 Å². The van der Waals surface area contributed by atoms with E-state index in [1.807, 2.05) is 30.3 Å². The van der Waals surface area contributed by atoms with Crippen molar-refractivity contribution in [3.63, 3.8) is 0 Å². The summed E-state index contributed by atoms with van der Waals surface area (Å²) in [4.78, 5) is 23.3. The highest BCUT2D eigenvalue weighted by molar-refractivity contribution is 6.24. The fourth-order valence-corrected chi connectivity index (χ4v) is 3.31. The molecule has 1 N–H and O–H groups in total. The first-order valence-electron chi connectivity index (χ1n) is 10.9. The molecule has 0 bridgehead atoms. The van der Waals surface area contributed by atoms with Crippen LogP contribution in [0.25, 0.3) is 11.6 Å². The van der Waals surface area contributed by atoms with Gasteiger partial charge >= 0.3 is 0 Å². The molecule has 2 aromatic carbocycles. The highest BCUT2D eigenvalue weighted by Crippen LogP contribution is 2.20. The lowest BCUT2D eigenvalue weighted by Crippen LogP contribution is -2.25. The van der Waals surface area contributed by atoms with Gasteiger partial charge in [-0.3, -0.25) is 14.9 Å². The number of nitrogens with one attached hydrogen (secondary N) is 1. The number of unbranched alkanes of at least 4 members (excludes halogenated alkanes) is 7. The summed E-state index contributed by atoms with van der Waals surface area (Å²) in [6, 6.07) is 15.7. The number of benzene rings is 2. The molecular formula is C25H32N2O3. The Bertz CT molecular complexity index is 814. The minimum atomic E-state index is -0.428. The second-order valence-corrected chi connectivity index (χ2v) is 7.50. The molecule has 5 nitrogen and oxygen atoms in total. The molecule has 1 amide bonds. The predicted molar refractivity (Wildman–Crippen MR) is 123 cm³/mol. The van der Waals surface area contributed by atoms with Crippen molar-refractivity contribution in [2.24, 2.45) is 0 Å². The van der Waals surface area contributed by atoms with Crippen LogP contribution < -0.4 is 5.32 Å². The number of carbonyl (C=O) groups excluding carboxylic acids is 1. The molecule has 0 radical (unpaired) electrons. The summed E-state index contributed by atoms with van der Waals surface area (Å²) in [5.41, 5.74) is 2.17. The zero-order chi connectivity index (χ0) is 21.6. The minimum Gasteiger partial charge on any atom is -0.352 e. The lowest BCUT2D eigenvalue weighted by Gasteiger charge is -2.10. The van der Waals surface area contributed by atoms with Crippen molar-refractivity contribution in [1.82, 2.24) is 5.32 Å². The van der Waals surface area contributed by atoms with Crippen LogP contribution in [0.3, 0.4) is 0 Å². The number of nitro benzene ring substituents is 1. The fraction of sp³-hybridized carbons (Fsp3) is 0.400. The molecule has 0 aromatic heterocycles. The Morgan fingerprint density at radius 2 is 1.50 bits per heavy atom. The van der Waals surface area contributed by atoms with E-state index >= 15 is 0 Å². The number of non-ortho nitro benzene ring substituents is 1. The van der Waals surface area contributed by atoms with Crippen molar-refractivity contribution in [3.05, 3.63) is 75.8 Å². The summed E-state index contributed by atoms with van der Waals surface area (Å²) in [6.45, 7) is 2.88. The molecule has 0 aliphatic carbocycles. The van der Waals surface area contributed by atoms with Crippen LogP contribution in [0, 0.1) is 10.1 Å². The van der Waals surface area contributed by atoms with Crippen LogP contribution in [0.15, 0.2) is 54.6 Å². The van der Waals surface area contributed by atoms with Crippen molar-refractivity contribution in [2.45, 2.75) is 58.3 Å². The monoisotopic (exact) mass is 408 g/mol. The summed E-state index contributed by atoms with van der Waals surface area (Å²) in [5, 5.41) is 13.9. The van der Waals surface area contributed by atoms with Gasteiger partial charge in [0.15, 0.2) is 0 Å². The van der Waals surface area contributed by atoms with Crippen molar-refractivity contribution >= 4 is 23.2 Å². The third-order valence-corrected chi connectivity index (χ3v) is 5.06. The van der Waals surface area contributed by atoms with E-state index in [0.29, 0.717) is 12.1 Å². The third kappa shape index (κ3) is 8.19. The van der Waals surface area contributed by atoms with E-state index in [2.05, 4.69) is 12.2 Å². The lowest BCUT2D eigenvalue weighted by molar-refractivity contribution is -0.384. The number of nitrogens with zero attached hydrogens (tertiary/aromatic N) is 1. The van der Waals surface area contributed by atoms with E-state index < -0.39 is 4.92 Å². The third-order valence-electron chi connectivity index (χ3n) is 5.06. The molecule has 0 atom stereocenters. The van der Waals surface area contributed by atoms with Gasteiger partial charge in [0.2, 0.25) is 0 Å². The summed E-state index contributed by atoms with van der Waals surface area (Å²) >= 11 is 0. The lowest BCUT2D eigenvalue weighted by atomic mass is 10.0. The van der Waals surface area contributed by atoms with Crippen molar-refractivity contribution in [3.8, 4) is 0 Å². The second kappa shape index (κ2) is 13.3. The van der Waals surface area contributed by atoms with Crippen LogP contribution in [-0.2, 0) is 4.79 Å². The largest absolute Gasteiger partial charge is 0.352 e. The molecule has 2 rings (SSSR count). The van der Waals surface area contributed by atoms with Crippen LogP contribution in [0.1, 0.15) is 69.4 Å². The first-order chi connectivity index (χ1) is 14.6. The van der Waals surface area contributed by atoms with Crippen LogP contribution >= 0.6 is 0 Å². The van der Waals surface area contributed by atoms with Gasteiger partial charge in [0.25, 0.3) is 11.6 Å². The van der Waals surface area contributed by atoms with Gasteiger partial charge in [-0.05, 0) is 35.8 Å². The van der Waals surface area contributed by atoms with Crippen molar-refractivity contribution in [1.29, 1.82) is 0 Å². The minimum absolute atomic E-state index is 0.0348. The molecule has 0 aliphatic heterocycles. The van der Waals surface area contributed by atoms with Gasteiger partial charge in [-0.2, -0.15) is 0 Å². The molecule has 2 aromatic rings. The standard InChI is InChI=1S/C25H32N2O3/c1-2-3-4-5-6-7-8-12-19-26-25(28)24(22-13-10-9-11-14-22)20-21-15-17-23(18-16-21)27(29)30/h9-11,13-18,20H,2-8,12,19H2,1H3,(H,26,28). The smallest absolute Gasteiger partial charge is 0.269 e. The molecular weight excluding hydrogens is 376 g/mol. The molecule has 0 unspecified atom stereocenters. The normalized spacial score (nSPS) is 11.3. The number of hydrogen-bond donors (Lipinski definition) is 1. The molecule has 30 heavy (non-hydrogen) atoms. The molecule has 160 valence electrons. The summed E-state index contributed by atoms with van der Waals surface area (Å²) in [7, 11) is 0. The van der Waals surface area contributed by atoms with Crippen LogP contribution in [0.2, 0.25) is 0 Å². The summed E-state index contributed by atoms with van der Waals surface area (Å²) in [5.74, 6) is -0.123. The average Bonchev–Trinajstić information content (AvgIpc) is 2.77. The van der Waals surface area contributed by atoms with E-state index in [1.165, 1.54) is 50.7 Å². The maximum atomic E-state index is 12.8. The Kier molecular flexibility index (Phi) is 10.3. The molecule has 0 fully saturated rings. The Balaban J connectivity index is 1.93. The van der Waals surface area contributed by atoms with Gasteiger partial charge in [0.05, 0.1) is 4.92 Å². The number of nitro groups is 1. The molecule has 0 saturated carbocycles. The zero-order valence-corrected chi connectivity index (χ0v) is 17.8. The highest BCUT2D eigenvalue weighted by atomic mass is 16.6. The molecule has 0 saturated heterocycles. The highest BCUT2D eigenvalue weighted by Gasteiger charge is 2.12. The maximum absolute atomic E-state index is 12.8. The first-order valence-corrected chi connectivity index (χ1v) is 10.9. The zero-order valence-electron chi connectivity index (χ0n) is 17.8. The van der Waals surface area contributed by atoms with Gasteiger partial charge in [-0.1, -0.05) is 82.2 Å². The predicted octanol–water partition coefficient (Wildman–Crippen LogP) is 6.39. The molecule has 0 spiro atoms. The quantitative estimate of drug-likeness (QED) is 0.137.